The first-order valence-corrected chi connectivity index (χ1v) is 11.3. The van der Waals surface area contributed by atoms with Gasteiger partial charge in [-0.05, 0) is 57.2 Å². The fraction of sp³-hybridized carbons (Fsp3) is 0.739. The van der Waals surface area contributed by atoms with Crippen LogP contribution in [0.4, 0.5) is 8.78 Å². The lowest BCUT2D eigenvalue weighted by Gasteiger charge is -2.45. The molecule has 168 valence electrons. The molecule has 2 unspecified atom stereocenters. The topological polar surface area (TPSA) is 30.9 Å². The molecule has 1 aromatic rings. The molecular weight excluding hydrogens is 412 g/mol. The maximum Gasteiger partial charge on any atom is 0.248 e. The fourth-order valence-electron chi connectivity index (χ4n) is 5.06. The van der Waals surface area contributed by atoms with Gasteiger partial charge in [-0.2, -0.15) is 0 Å². The van der Waals surface area contributed by atoms with Crippen molar-refractivity contribution in [1.29, 1.82) is 0 Å². The van der Waals surface area contributed by atoms with E-state index in [4.69, 9.17) is 25.8 Å². The van der Waals surface area contributed by atoms with E-state index in [0.717, 1.165) is 37.9 Å². The van der Waals surface area contributed by atoms with Gasteiger partial charge in [-0.25, -0.2) is 8.78 Å². The van der Waals surface area contributed by atoms with Gasteiger partial charge in [-0.15, -0.1) is 0 Å². The highest BCUT2D eigenvalue weighted by Gasteiger charge is 2.45. The van der Waals surface area contributed by atoms with Crippen LogP contribution in [-0.4, -0.2) is 49.3 Å². The van der Waals surface area contributed by atoms with Crippen LogP contribution in [0, 0.1) is 5.92 Å². The van der Waals surface area contributed by atoms with E-state index >= 15 is 0 Å². The van der Waals surface area contributed by atoms with Crippen LogP contribution in [0.15, 0.2) is 6.07 Å². The Morgan fingerprint density at radius 1 is 1.23 bits per heavy atom. The number of hydrogen-bond donors (Lipinski definition) is 0. The molecule has 2 aliphatic heterocycles. The van der Waals surface area contributed by atoms with E-state index in [1.807, 2.05) is 6.07 Å². The average Bonchev–Trinajstić information content (AvgIpc) is 2.63. The maximum absolute atomic E-state index is 13.1. The number of rotatable bonds is 5. The zero-order chi connectivity index (χ0) is 21.7. The van der Waals surface area contributed by atoms with E-state index in [2.05, 4.69) is 25.7 Å². The first kappa shape index (κ1) is 22.1. The summed E-state index contributed by atoms with van der Waals surface area (Å²) in [4.78, 5) is 2.48. The molecule has 7 heteroatoms. The predicted octanol–water partition coefficient (Wildman–Crippen LogP) is 5.65. The molecule has 0 spiro atoms. The minimum absolute atomic E-state index is 0.118. The van der Waals surface area contributed by atoms with Crippen LogP contribution in [0.3, 0.4) is 0 Å². The van der Waals surface area contributed by atoms with Crippen molar-refractivity contribution >= 4 is 11.6 Å². The molecular formula is C23H32ClF2NO3. The Balaban J connectivity index is 1.50. The van der Waals surface area contributed by atoms with Crippen LogP contribution in [0.2, 0.25) is 5.02 Å². The highest BCUT2D eigenvalue weighted by Crippen LogP contribution is 2.48. The lowest BCUT2D eigenvalue weighted by Crippen LogP contribution is -2.47. The van der Waals surface area contributed by atoms with E-state index < -0.39 is 5.92 Å². The van der Waals surface area contributed by atoms with Gasteiger partial charge in [-0.3, -0.25) is 4.90 Å². The molecule has 4 rings (SSSR count). The summed E-state index contributed by atoms with van der Waals surface area (Å²) >= 11 is 6.76. The summed E-state index contributed by atoms with van der Waals surface area (Å²) in [5.74, 6) is -1.60. The molecule has 2 heterocycles. The van der Waals surface area contributed by atoms with Crippen molar-refractivity contribution in [3.8, 4) is 11.5 Å². The van der Waals surface area contributed by atoms with Gasteiger partial charge in [-0.1, -0.05) is 11.6 Å². The minimum atomic E-state index is -2.54. The Morgan fingerprint density at radius 2 is 1.97 bits per heavy atom. The van der Waals surface area contributed by atoms with Crippen LogP contribution in [0.1, 0.15) is 63.6 Å². The second kappa shape index (κ2) is 8.10. The molecule has 4 nitrogen and oxygen atoms in total. The van der Waals surface area contributed by atoms with Crippen LogP contribution >= 0.6 is 11.6 Å². The monoisotopic (exact) mass is 443 g/mol. The Labute approximate surface area is 182 Å². The number of ether oxygens (including phenoxy) is 3. The van der Waals surface area contributed by atoms with Crippen LogP contribution in [0.5, 0.6) is 11.5 Å². The van der Waals surface area contributed by atoms with Crippen LogP contribution in [-0.2, 0) is 11.2 Å². The van der Waals surface area contributed by atoms with Crippen molar-refractivity contribution in [1.82, 2.24) is 4.90 Å². The molecule has 1 aromatic carbocycles. The molecule has 0 amide bonds. The van der Waals surface area contributed by atoms with Crippen molar-refractivity contribution in [3.05, 3.63) is 22.2 Å². The van der Waals surface area contributed by atoms with Crippen molar-refractivity contribution in [2.45, 2.75) is 76.5 Å². The molecule has 0 N–H and O–H groups in total. The SMILES string of the molecule is COc1cc2c(c(Cl)c1OCC1CC(F)(F)C1)CCN1CC(OC(C)(C)C)CCC21. The first-order valence-electron chi connectivity index (χ1n) is 10.9. The Kier molecular flexibility index (Phi) is 5.97. The Bertz CT molecular complexity index is 788. The highest BCUT2D eigenvalue weighted by molar-refractivity contribution is 6.33. The van der Waals surface area contributed by atoms with Gasteiger partial charge < -0.3 is 14.2 Å². The number of methoxy groups -OCH3 is 1. The summed E-state index contributed by atoms with van der Waals surface area (Å²) in [5, 5.41) is 0.572. The fourth-order valence-corrected chi connectivity index (χ4v) is 5.42. The molecule has 3 aliphatic rings. The van der Waals surface area contributed by atoms with Gasteiger partial charge in [0.2, 0.25) is 5.92 Å². The molecule has 2 atom stereocenters. The number of fused-ring (bicyclic) bond motifs is 3. The maximum atomic E-state index is 13.1. The third kappa shape index (κ3) is 4.56. The van der Waals surface area contributed by atoms with Gasteiger partial charge in [0.15, 0.2) is 11.5 Å². The number of piperidine rings is 1. The predicted molar refractivity (Wildman–Crippen MR) is 113 cm³/mol. The quantitative estimate of drug-likeness (QED) is 0.588. The number of halogens is 3. The van der Waals surface area contributed by atoms with Gasteiger partial charge in [0.05, 0.1) is 30.4 Å². The summed E-state index contributed by atoms with van der Waals surface area (Å²) in [7, 11) is 1.59. The third-order valence-corrected chi connectivity index (χ3v) is 6.75. The van der Waals surface area contributed by atoms with Gasteiger partial charge in [0.25, 0.3) is 0 Å². The number of hydrogen-bond acceptors (Lipinski definition) is 4. The molecule has 1 saturated carbocycles. The highest BCUT2D eigenvalue weighted by atomic mass is 35.5. The van der Waals surface area contributed by atoms with Gasteiger partial charge in [0, 0.05) is 37.9 Å². The van der Waals surface area contributed by atoms with Crippen molar-refractivity contribution in [3.63, 3.8) is 0 Å². The lowest BCUT2D eigenvalue weighted by molar-refractivity contribution is -0.119. The Morgan fingerprint density at radius 3 is 2.60 bits per heavy atom. The summed E-state index contributed by atoms with van der Waals surface area (Å²) < 4.78 is 44.0. The molecule has 0 radical (unpaired) electrons. The molecule has 1 aliphatic carbocycles. The molecule has 2 fully saturated rings. The van der Waals surface area contributed by atoms with Crippen molar-refractivity contribution < 1.29 is 23.0 Å². The zero-order valence-corrected chi connectivity index (χ0v) is 19.0. The molecule has 1 saturated heterocycles. The summed E-state index contributed by atoms with van der Waals surface area (Å²) in [5.41, 5.74) is 2.15. The summed E-state index contributed by atoms with van der Waals surface area (Å²) in [6.07, 6.45) is 2.84. The van der Waals surface area contributed by atoms with Gasteiger partial charge in [0.1, 0.15) is 0 Å². The molecule has 30 heavy (non-hydrogen) atoms. The second-order valence-electron chi connectivity index (χ2n) is 9.92. The van der Waals surface area contributed by atoms with Crippen molar-refractivity contribution in [2.24, 2.45) is 5.92 Å². The van der Waals surface area contributed by atoms with Crippen molar-refractivity contribution in [2.75, 3.05) is 26.8 Å². The largest absolute Gasteiger partial charge is 0.493 e. The van der Waals surface area contributed by atoms with E-state index in [-0.39, 0.29) is 37.1 Å². The van der Waals surface area contributed by atoms with Gasteiger partial charge >= 0.3 is 0 Å². The minimum Gasteiger partial charge on any atom is -0.493 e. The standard InChI is InChI=1S/C23H32ClF2NO3/c1-22(2,3)30-15-5-6-18-17-9-19(28-4)21(29-13-14-10-23(25,26)11-14)20(24)16(17)7-8-27(18)12-15/h9,14-15,18H,5-8,10-13H2,1-4H3. The summed E-state index contributed by atoms with van der Waals surface area (Å²) in [6, 6.07) is 2.33. The second-order valence-corrected chi connectivity index (χ2v) is 10.3. The zero-order valence-electron chi connectivity index (χ0n) is 18.3. The average molecular weight is 444 g/mol. The van der Waals surface area contributed by atoms with Crippen LogP contribution < -0.4 is 9.47 Å². The summed E-state index contributed by atoms with van der Waals surface area (Å²) in [6.45, 7) is 8.37. The Hall–Kier alpha value is -1.11. The van der Waals surface area contributed by atoms with E-state index in [0.29, 0.717) is 22.6 Å². The number of benzene rings is 1. The normalized spacial score (nSPS) is 26.5. The first-order chi connectivity index (χ1) is 14.1. The van der Waals surface area contributed by atoms with E-state index in [9.17, 15) is 8.78 Å². The smallest absolute Gasteiger partial charge is 0.248 e. The lowest BCUT2D eigenvalue weighted by atomic mass is 9.82. The van der Waals surface area contributed by atoms with E-state index in [1.165, 1.54) is 5.56 Å². The number of nitrogens with zero attached hydrogens (tertiary/aromatic N) is 1. The molecule has 0 bridgehead atoms. The molecule has 0 aromatic heterocycles. The van der Waals surface area contributed by atoms with E-state index in [1.54, 1.807) is 7.11 Å². The third-order valence-electron chi connectivity index (χ3n) is 6.35. The van der Waals surface area contributed by atoms with Crippen LogP contribution in [0.25, 0.3) is 0 Å². The number of alkyl halides is 2.